The Labute approximate surface area is 109 Å². The van der Waals surface area contributed by atoms with E-state index >= 15 is 0 Å². The van der Waals surface area contributed by atoms with Crippen molar-refractivity contribution in [2.45, 2.75) is 25.8 Å². The second-order valence-corrected chi connectivity index (χ2v) is 5.09. The van der Waals surface area contributed by atoms with Crippen LogP contribution >= 0.6 is 11.3 Å². The van der Waals surface area contributed by atoms with Gasteiger partial charge in [0.15, 0.2) is 5.13 Å². The van der Waals surface area contributed by atoms with E-state index in [-0.39, 0.29) is 17.9 Å². The van der Waals surface area contributed by atoms with E-state index < -0.39 is 0 Å². The highest BCUT2D eigenvalue weighted by Crippen LogP contribution is 2.15. The average molecular weight is 268 g/mol. The fourth-order valence-electron chi connectivity index (χ4n) is 1.82. The Morgan fingerprint density at radius 3 is 3.06 bits per heavy atom. The molecule has 1 saturated heterocycles. The van der Waals surface area contributed by atoms with Gasteiger partial charge in [-0.15, -0.1) is 11.3 Å². The summed E-state index contributed by atoms with van der Waals surface area (Å²) in [5.41, 5.74) is 0.356. The number of piperidine rings is 1. The minimum Gasteiger partial charge on any atom is -0.347 e. The molecule has 1 aliphatic heterocycles. The molecule has 1 aromatic heterocycles. The number of aromatic nitrogens is 1. The van der Waals surface area contributed by atoms with Gasteiger partial charge in [-0.2, -0.15) is 0 Å². The van der Waals surface area contributed by atoms with E-state index in [1.54, 1.807) is 5.38 Å². The fourth-order valence-corrected chi connectivity index (χ4v) is 2.56. The van der Waals surface area contributed by atoms with Crippen molar-refractivity contribution in [2.75, 3.05) is 18.4 Å². The van der Waals surface area contributed by atoms with Gasteiger partial charge in [-0.1, -0.05) is 0 Å². The monoisotopic (exact) mass is 268 g/mol. The minimum absolute atomic E-state index is 0.164. The maximum atomic E-state index is 11.9. The van der Waals surface area contributed by atoms with Crippen LogP contribution in [0.5, 0.6) is 0 Å². The summed E-state index contributed by atoms with van der Waals surface area (Å²) in [6, 6.07) is 0.164. The van der Waals surface area contributed by atoms with Gasteiger partial charge in [0, 0.05) is 24.9 Å². The Bertz CT molecular complexity index is 440. The molecule has 6 nitrogen and oxygen atoms in total. The maximum absolute atomic E-state index is 11.9. The molecule has 98 valence electrons. The second-order valence-electron chi connectivity index (χ2n) is 4.24. The van der Waals surface area contributed by atoms with Crippen LogP contribution in [0.2, 0.25) is 0 Å². The molecule has 0 aliphatic carbocycles. The first-order valence-electron chi connectivity index (χ1n) is 5.90. The molecule has 7 heteroatoms. The molecule has 18 heavy (non-hydrogen) atoms. The van der Waals surface area contributed by atoms with E-state index in [2.05, 4.69) is 20.9 Å². The van der Waals surface area contributed by atoms with E-state index in [9.17, 15) is 9.59 Å². The zero-order valence-electron chi connectivity index (χ0n) is 10.2. The van der Waals surface area contributed by atoms with Crippen molar-refractivity contribution >= 4 is 28.3 Å². The lowest BCUT2D eigenvalue weighted by Crippen LogP contribution is -2.45. The van der Waals surface area contributed by atoms with Crippen LogP contribution < -0.4 is 16.0 Å². The summed E-state index contributed by atoms with van der Waals surface area (Å²) in [7, 11) is 0. The molecule has 3 N–H and O–H groups in total. The van der Waals surface area contributed by atoms with Crippen LogP contribution in [0.15, 0.2) is 5.38 Å². The summed E-state index contributed by atoms with van der Waals surface area (Å²) in [4.78, 5) is 26.8. The molecule has 1 aromatic rings. The van der Waals surface area contributed by atoms with Gasteiger partial charge in [0.2, 0.25) is 5.91 Å². The van der Waals surface area contributed by atoms with Crippen LogP contribution in [-0.4, -0.2) is 35.9 Å². The molecule has 0 saturated carbocycles. The predicted molar refractivity (Wildman–Crippen MR) is 69.8 cm³/mol. The predicted octanol–water partition coefficient (Wildman–Crippen LogP) is 0.583. The molecular formula is C11H16N4O2S. The molecule has 0 spiro atoms. The van der Waals surface area contributed by atoms with Gasteiger partial charge in [0.25, 0.3) is 5.91 Å². The summed E-state index contributed by atoms with van der Waals surface area (Å²) in [5, 5.41) is 10.8. The first-order valence-corrected chi connectivity index (χ1v) is 6.78. The van der Waals surface area contributed by atoms with Crippen LogP contribution in [0.25, 0.3) is 0 Å². The smallest absolute Gasteiger partial charge is 0.271 e. The summed E-state index contributed by atoms with van der Waals surface area (Å²) < 4.78 is 0. The van der Waals surface area contributed by atoms with Crippen LogP contribution in [0.4, 0.5) is 5.13 Å². The zero-order valence-corrected chi connectivity index (χ0v) is 11.0. The zero-order chi connectivity index (χ0) is 13.0. The lowest BCUT2D eigenvalue weighted by atomic mass is 10.1. The van der Waals surface area contributed by atoms with Crippen molar-refractivity contribution in [1.82, 2.24) is 15.6 Å². The van der Waals surface area contributed by atoms with E-state index in [4.69, 9.17) is 0 Å². The molecule has 1 aliphatic rings. The number of hydrogen-bond donors (Lipinski definition) is 3. The fraction of sp³-hybridized carbons (Fsp3) is 0.545. The number of rotatable bonds is 3. The average Bonchev–Trinajstić information content (AvgIpc) is 2.78. The second kappa shape index (κ2) is 5.92. The quantitative estimate of drug-likeness (QED) is 0.749. The number of nitrogens with zero attached hydrogens (tertiary/aromatic N) is 1. The Morgan fingerprint density at radius 1 is 1.56 bits per heavy atom. The van der Waals surface area contributed by atoms with Gasteiger partial charge < -0.3 is 16.0 Å². The number of anilines is 1. The van der Waals surface area contributed by atoms with Crippen molar-refractivity contribution in [1.29, 1.82) is 0 Å². The topological polar surface area (TPSA) is 83.1 Å². The molecule has 2 rings (SSSR count). The molecule has 1 fully saturated rings. The number of nitrogens with one attached hydrogen (secondary N) is 3. The Balaban J connectivity index is 1.91. The summed E-state index contributed by atoms with van der Waals surface area (Å²) in [6.07, 6.45) is 2.06. The Morgan fingerprint density at radius 2 is 2.39 bits per heavy atom. The number of thiazole rings is 1. The summed E-state index contributed by atoms with van der Waals surface area (Å²) in [5.74, 6) is -0.371. The molecule has 1 unspecified atom stereocenters. The molecule has 0 bridgehead atoms. The largest absolute Gasteiger partial charge is 0.347 e. The van der Waals surface area contributed by atoms with Crippen LogP contribution in [0.3, 0.4) is 0 Å². The van der Waals surface area contributed by atoms with Gasteiger partial charge in [-0.25, -0.2) is 4.98 Å². The number of amides is 2. The maximum Gasteiger partial charge on any atom is 0.271 e. The first kappa shape index (κ1) is 13.0. The van der Waals surface area contributed by atoms with E-state index in [0.717, 1.165) is 25.9 Å². The molecular weight excluding hydrogens is 252 g/mol. The van der Waals surface area contributed by atoms with E-state index in [1.165, 1.54) is 18.3 Å². The van der Waals surface area contributed by atoms with Crippen LogP contribution in [-0.2, 0) is 4.79 Å². The van der Waals surface area contributed by atoms with Crippen LogP contribution in [0, 0.1) is 0 Å². The van der Waals surface area contributed by atoms with Gasteiger partial charge in [-0.3, -0.25) is 9.59 Å². The minimum atomic E-state index is -0.187. The molecule has 2 amide bonds. The van der Waals surface area contributed by atoms with Crippen molar-refractivity contribution < 1.29 is 9.59 Å². The summed E-state index contributed by atoms with van der Waals surface area (Å²) in [6.45, 7) is 3.22. The highest BCUT2D eigenvalue weighted by Gasteiger charge is 2.18. The number of hydrogen-bond acceptors (Lipinski definition) is 5. The molecule has 2 heterocycles. The van der Waals surface area contributed by atoms with Crippen LogP contribution in [0.1, 0.15) is 30.3 Å². The van der Waals surface area contributed by atoms with Gasteiger partial charge in [-0.05, 0) is 19.4 Å². The molecule has 0 aromatic carbocycles. The molecule has 0 radical (unpaired) electrons. The third-order valence-electron chi connectivity index (χ3n) is 2.65. The Hall–Kier alpha value is -1.47. The first-order chi connectivity index (χ1) is 8.65. The van der Waals surface area contributed by atoms with Crippen molar-refractivity contribution in [3.63, 3.8) is 0 Å². The lowest BCUT2D eigenvalue weighted by molar-refractivity contribution is -0.114. The lowest BCUT2D eigenvalue weighted by Gasteiger charge is -2.23. The van der Waals surface area contributed by atoms with Crippen molar-refractivity contribution in [3.05, 3.63) is 11.1 Å². The van der Waals surface area contributed by atoms with Crippen molar-refractivity contribution in [2.24, 2.45) is 0 Å². The molecule has 1 atom stereocenters. The van der Waals surface area contributed by atoms with Crippen molar-refractivity contribution in [3.8, 4) is 0 Å². The third-order valence-corrected chi connectivity index (χ3v) is 3.41. The number of carbonyl (C=O) groups excluding carboxylic acids is 2. The highest BCUT2D eigenvalue weighted by atomic mass is 32.1. The third kappa shape index (κ3) is 3.51. The SMILES string of the molecule is CC(=O)Nc1nc(C(=O)NC2CCCNC2)cs1. The van der Waals surface area contributed by atoms with Gasteiger partial charge in [0.1, 0.15) is 5.69 Å². The van der Waals surface area contributed by atoms with E-state index in [1.807, 2.05) is 0 Å². The van der Waals surface area contributed by atoms with Gasteiger partial charge in [0.05, 0.1) is 0 Å². The highest BCUT2D eigenvalue weighted by molar-refractivity contribution is 7.14. The van der Waals surface area contributed by atoms with Gasteiger partial charge >= 0.3 is 0 Å². The van der Waals surface area contributed by atoms with E-state index in [0.29, 0.717) is 10.8 Å². The summed E-state index contributed by atoms with van der Waals surface area (Å²) >= 11 is 1.25. The standard InChI is InChI=1S/C11H16N4O2S/c1-7(16)13-11-15-9(6-18-11)10(17)14-8-3-2-4-12-5-8/h6,8,12H,2-5H2,1H3,(H,14,17)(H,13,15,16). The number of carbonyl (C=O) groups is 2. The Kier molecular flexibility index (Phi) is 4.27. The normalized spacial score (nSPS) is 19.3.